The minimum Gasteiger partial charge on any atom is -0.370 e. The van der Waals surface area contributed by atoms with E-state index >= 15 is 0 Å². The molecule has 0 N–H and O–H groups in total. The maximum absolute atomic E-state index is 13.0. The Morgan fingerprint density at radius 2 is 2.00 bits per heavy atom. The third-order valence-corrected chi connectivity index (χ3v) is 6.23. The summed E-state index contributed by atoms with van der Waals surface area (Å²) in [5, 5.41) is 0. The van der Waals surface area contributed by atoms with Crippen molar-refractivity contribution in [3.05, 3.63) is 34.9 Å². The van der Waals surface area contributed by atoms with E-state index in [1.165, 1.54) is 13.0 Å². The van der Waals surface area contributed by atoms with Crippen molar-refractivity contribution in [2.75, 3.05) is 32.8 Å². The minimum atomic E-state index is -4.39. The summed E-state index contributed by atoms with van der Waals surface area (Å²) >= 11 is 0. The van der Waals surface area contributed by atoms with Crippen molar-refractivity contribution in [1.29, 1.82) is 0 Å². The predicted octanol–water partition coefficient (Wildman–Crippen LogP) is 3.01. The van der Waals surface area contributed by atoms with Gasteiger partial charge in [0.25, 0.3) is 0 Å². The largest absolute Gasteiger partial charge is 0.416 e. The summed E-state index contributed by atoms with van der Waals surface area (Å²) in [5.74, 6) is 0.133. The van der Waals surface area contributed by atoms with Gasteiger partial charge in [0.05, 0.1) is 37.5 Å². The highest BCUT2D eigenvalue weighted by Crippen LogP contribution is 2.33. The van der Waals surface area contributed by atoms with Crippen LogP contribution in [0.4, 0.5) is 18.0 Å². The number of hydrogen-bond acceptors (Lipinski definition) is 4. The predicted molar refractivity (Wildman–Crippen MR) is 101 cm³/mol. The molecule has 164 valence electrons. The van der Waals surface area contributed by atoms with Crippen LogP contribution in [0.15, 0.2) is 18.2 Å². The number of benzene rings is 1. The lowest BCUT2D eigenvalue weighted by Gasteiger charge is -2.45. The highest BCUT2D eigenvalue weighted by Gasteiger charge is 2.40. The van der Waals surface area contributed by atoms with E-state index in [-0.39, 0.29) is 48.7 Å². The van der Waals surface area contributed by atoms with E-state index < -0.39 is 11.7 Å². The van der Waals surface area contributed by atoms with E-state index in [1.807, 2.05) is 0 Å². The topological polar surface area (TPSA) is 59.1 Å². The van der Waals surface area contributed by atoms with Crippen molar-refractivity contribution in [3.63, 3.8) is 0 Å². The molecule has 3 fully saturated rings. The number of likely N-dealkylation sites (tertiary alicyclic amines) is 2. The summed E-state index contributed by atoms with van der Waals surface area (Å²) in [6.07, 6.45) is -3.35. The summed E-state index contributed by atoms with van der Waals surface area (Å²) < 4.78 is 50.4. The maximum atomic E-state index is 13.0. The first kappa shape index (κ1) is 21.1. The molecule has 3 aliphatic rings. The number of carbonyl (C=O) groups excluding carboxylic acids is 2. The van der Waals surface area contributed by atoms with E-state index in [0.717, 1.165) is 12.5 Å². The Hall–Kier alpha value is -2.13. The van der Waals surface area contributed by atoms with Gasteiger partial charge in [0.1, 0.15) is 6.61 Å². The molecule has 0 saturated carbocycles. The zero-order valence-electron chi connectivity index (χ0n) is 16.8. The molecule has 0 aliphatic carbocycles. The van der Waals surface area contributed by atoms with Crippen LogP contribution in [0.25, 0.3) is 0 Å². The molecule has 0 spiro atoms. The highest BCUT2D eigenvalue weighted by molar-refractivity contribution is 5.81. The van der Waals surface area contributed by atoms with Crippen molar-refractivity contribution in [2.45, 2.75) is 44.8 Å². The number of piperidine rings is 1. The fraction of sp³-hybridized carbons (Fsp3) is 0.619. The lowest BCUT2D eigenvalue weighted by molar-refractivity contribution is -0.140. The Balaban J connectivity index is 1.26. The minimum absolute atomic E-state index is 0.0509. The monoisotopic (exact) mass is 426 g/mol. The maximum Gasteiger partial charge on any atom is 0.416 e. The molecule has 2 atom stereocenters. The van der Waals surface area contributed by atoms with E-state index in [9.17, 15) is 22.8 Å². The Labute approximate surface area is 172 Å². The van der Waals surface area contributed by atoms with Crippen LogP contribution >= 0.6 is 0 Å². The smallest absolute Gasteiger partial charge is 0.370 e. The van der Waals surface area contributed by atoms with Gasteiger partial charge in [0, 0.05) is 25.4 Å². The molecule has 3 aliphatic heterocycles. The van der Waals surface area contributed by atoms with Crippen LogP contribution in [0, 0.1) is 12.8 Å². The lowest BCUT2D eigenvalue weighted by Crippen LogP contribution is -2.61. The van der Waals surface area contributed by atoms with Crippen LogP contribution in [0.5, 0.6) is 0 Å². The van der Waals surface area contributed by atoms with Gasteiger partial charge in [0.15, 0.2) is 5.78 Å². The van der Waals surface area contributed by atoms with Gasteiger partial charge in [-0.3, -0.25) is 4.79 Å². The molecule has 3 heterocycles. The molecule has 0 aromatic heterocycles. The van der Waals surface area contributed by atoms with Crippen molar-refractivity contribution >= 4 is 11.8 Å². The molecular weight excluding hydrogens is 401 g/mol. The van der Waals surface area contributed by atoms with Gasteiger partial charge in [-0.15, -0.1) is 0 Å². The summed E-state index contributed by atoms with van der Waals surface area (Å²) in [6.45, 7) is 3.64. The second-order valence-corrected chi connectivity index (χ2v) is 8.30. The Morgan fingerprint density at radius 1 is 1.23 bits per heavy atom. The molecule has 9 heteroatoms. The molecule has 1 aromatic carbocycles. The highest BCUT2D eigenvalue weighted by atomic mass is 19.4. The quantitative estimate of drug-likeness (QED) is 0.746. The molecule has 6 nitrogen and oxygen atoms in total. The summed E-state index contributed by atoms with van der Waals surface area (Å²) in [5.41, 5.74) is 0.0191. The fourth-order valence-electron chi connectivity index (χ4n) is 4.41. The molecule has 30 heavy (non-hydrogen) atoms. The van der Waals surface area contributed by atoms with Crippen LogP contribution in [-0.2, 0) is 27.1 Å². The average molecular weight is 426 g/mol. The number of alkyl halides is 3. The second-order valence-electron chi connectivity index (χ2n) is 8.30. The van der Waals surface area contributed by atoms with Crippen LogP contribution < -0.4 is 0 Å². The van der Waals surface area contributed by atoms with Gasteiger partial charge in [-0.2, -0.15) is 13.2 Å². The van der Waals surface area contributed by atoms with Crippen LogP contribution in [0.3, 0.4) is 0 Å². The summed E-state index contributed by atoms with van der Waals surface area (Å²) in [7, 11) is 0. The molecule has 1 aromatic rings. The first-order chi connectivity index (χ1) is 14.2. The normalized spacial score (nSPS) is 25.1. The van der Waals surface area contributed by atoms with Gasteiger partial charge in [-0.1, -0.05) is 12.1 Å². The number of amides is 2. The van der Waals surface area contributed by atoms with Crippen LogP contribution in [0.2, 0.25) is 0 Å². The third-order valence-electron chi connectivity index (χ3n) is 6.23. The van der Waals surface area contributed by atoms with Crippen LogP contribution in [-0.4, -0.2) is 66.6 Å². The molecule has 4 rings (SSSR count). The number of urea groups is 1. The van der Waals surface area contributed by atoms with Gasteiger partial charge in [-0.25, -0.2) is 4.79 Å². The third kappa shape index (κ3) is 4.32. The van der Waals surface area contributed by atoms with Crippen molar-refractivity contribution in [2.24, 2.45) is 5.92 Å². The van der Waals surface area contributed by atoms with E-state index in [4.69, 9.17) is 9.47 Å². The summed E-state index contributed by atoms with van der Waals surface area (Å²) in [6, 6.07) is 4.00. The standard InChI is InChI=1S/C21H25F3N2O4/c1-13-14(3-2-4-18(13)21(22,23)24)11-29-17-9-26(10-17)20(28)25-6-5-19-15(8-25)7-16(27)12-30-19/h2-4,15,17,19H,5-12H2,1H3/t15-,19+/m1/s1. The number of halogens is 3. The zero-order chi connectivity index (χ0) is 21.5. The number of nitrogens with zero attached hydrogens (tertiary/aromatic N) is 2. The van der Waals surface area contributed by atoms with Crippen molar-refractivity contribution in [1.82, 2.24) is 9.80 Å². The number of rotatable bonds is 3. The van der Waals surface area contributed by atoms with Crippen molar-refractivity contribution < 1.29 is 32.2 Å². The molecule has 2 amide bonds. The molecule has 0 bridgehead atoms. The van der Waals surface area contributed by atoms with E-state index in [2.05, 4.69) is 0 Å². The SMILES string of the molecule is Cc1c(COC2CN(C(=O)N3CC[C@@H]4OCC(=O)C[C@@H]4C3)C2)cccc1C(F)(F)F. The van der Waals surface area contributed by atoms with Gasteiger partial charge < -0.3 is 19.3 Å². The fourth-order valence-corrected chi connectivity index (χ4v) is 4.41. The second kappa shape index (κ2) is 8.19. The zero-order valence-corrected chi connectivity index (χ0v) is 16.8. The number of fused-ring (bicyclic) bond motifs is 1. The van der Waals surface area contributed by atoms with Crippen molar-refractivity contribution in [3.8, 4) is 0 Å². The Kier molecular flexibility index (Phi) is 5.76. The van der Waals surface area contributed by atoms with Gasteiger partial charge in [0.2, 0.25) is 0 Å². The summed E-state index contributed by atoms with van der Waals surface area (Å²) in [4.78, 5) is 27.8. The number of carbonyl (C=O) groups is 2. The molecule has 3 saturated heterocycles. The number of Topliss-reactive ketones (excluding diaryl/α,β-unsaturated/α-hetero) is 1. The number of hydrogen-bond donors (Lipinski definition) is 0. The average Bonchev–Trinajstić information content (AvgIpc) is 2.66. The number of ketones is 1. The van der Waals surface area contributed by atoms with Gasteiger partial charge >= 0.3 is 12.2 Å². The molecule has 0 radical (unpaired) electrons. The molecular formula is C21H25F3N2O4. The first-order valence-electron chi connectivity index (χ1n) is 10.2. The Morgan fingerprint density at radius 3 is 2.73 bits per heavy atom. The first-order valence-corrected chi connectivity index (χ1v) is 10.2. The number of ether oxygens (including phenoxy) is 2. The van der Waals surface area contributed by atoms with E-state index in [0.29, 0.717) is 38.2 Å². The van der Waals surface area contributed by atoms with Crippen LogP contribution in [0.1, 0.15) is 29.5 Å². The van der Waals surface area contributed by atoms with Gasteiger partial charge in [-0.05, 0) is 30.5 Å². The Bertz CT molecular complexity index is 823. The molecule has 0 unspecified atom stereocenters. The lowest BCUT2D eigenvalue weighted by atomic mass is 9.88. The van der Waals surface area contributed by atoms with E-state index in [1.54, 1.807) is 15.9 Å².